The van der Waals surface area contributed by atoms with Gasteiger partial charge in [0.05, 0.1) is 21.6 Å². The zero-order chi connectivity index (χ0) is 24.2. The molecule has 4 rings (SSSR count). The summed E-state index contributed by atoms with van der Waals surface area (Å²) in [6.45, 7) is 12.2. The molecule has 1 aliphatic carbocycles. The first kappa shape index (κ1) is 22.9. The molecule has 2 heterocycles. The van der Waals surface area contributed by atoms with Crippen LogP contribution in [-0.2, 0) is 9.84 Å². The summed E-state index contributed by atoms with van der Waals surface area (Å²) in [4.78, 5) is 18.6. The van der Waals surface area contributed by atoms with Crippen LogP contribution in [0.3, 0.4) is 0 Å². The van der Waals surface area contributed by atoms with Crippen molar-refractivity contribution in [2.75, 3.05) is 5.32 Å². The van der Waals surface area contributed by atoms with Crippen molar-refractivity contribution in [2.45, 2.75) is 61.3 Å². The molecule has 11 heteroatoms. The maximum atomic E-state index is 14.1. The van der Waals surface area contributed by atoms with E-state index in [1.165, 1.54) is 23.0 Å². The molecule has 0 unspecified atom stereocenters. The number of hydrogen-bond donors (Lipinski definition) is 2. The molecule has 2 N–H and O–H groups in total. The summed E-state index contributed by atoms with van der Waals surface area (Å²) in [7, 11) is -3.54. The van der Waals surface area contributed by atoms with E-state index >= 15 is 0 Å². The normalized spacial score (nSPS) is 20.6. The van der Waals surface area contributed by atoms with Gasteiger partial charge in [-0.15, -0.1) is 0 Å². The van der Waals surface area contributed by atoms with Gasteiger partial charge in [0.15, 0.2) is 15.7 Å². The van der Waals surface area contributed by atoms with Gasteiger partial charge in [-0.3, -0.25) is 9.48 Å². The molecule has 0 amide bonds. The monoisotopic (exact) mass is 475 g/mol. The Morgan fingerprint density at radius 1 is 1.21 bits per heavy atom. The fraction of sp³-hybridized carbons (Fsp3) is 0.409. The lowest BCUT2D eigenvalue weighted by molar-refractivity contribution is 0.00511. The third-order valence-corrected chi connectivity index (χ3v) is 8.31. The Morgan fingerprint density at radius 2 is 1.88 bits per heavy atom. The molecule has 0 aliphatic heterocycles. The fourth-order valence-corrected chi connectivity index (χ4v) is 5.20. The average Bonchev–Trinajstić information content (AvgIpc) is 3.25. The van der Waals surface area contributed by atoms with Gasteiger partial charge in [-0.1, -0.05) is 0 Å². The summed E-state index contributed by atoms with van der Waals surface area (Å²) in [5.41, 5.74) is 0.345. The van der Waals surface area contributed by atoms with Crippen LogP contribution in [0.2, 0.25) is 0 Å². The lowest BCUT2D eigenvalue weighted by Crippen LogP contribution is -2.27. The van der Waals surface area contributed by atoms with Crippen molar-refractivity contribution in [3.63, 3.8) is 0 Å². The number of aromatic amines is 1. The van der Waals surface area contributed by atoms with E-state index in [4.69, 9.17) is 6.57 Å². The molecule has 2 aromatic heterocycles. The highest BCUT2D eigenvalue weighted by atomic mass is 32.2. The highest BCUT2D eigenvalue weighted by Crippen LogP contribution is 2.44. The van der Waals surface area contributed by atoms with Crippen molar-refractivity contribution in [1.29, 1.82) is 0 Å². The summed E-state index contributed by atoms with van der Waals surface area (Å²) in [5.74, 6) is -2.85. The van der Waals surface area contributed by atoms with Crippen LogP contribution in [-0.4, -0.2) is 39.9 Å². The maximum absolute atomic E-state index is 14.1. The highest BCUT2D eigenvalue weighted by molar-refractivity contribution is 7.92. The molecule has 0 saturated heterocycles. The van der Waals surface area contributed by atoms with Crippen LogP contribution in [0.25, 0.3) is 15.7 Å². The van der Waals surface area contributed by atoms with Crippen LogP contribution in [0.15, 0.2) is 46.2 Å². The maximum Gasteiger partial charge on any atom is 0.261 e. The van der Waals surface area contributed by atoms with Gasteiger partial charge >= 0.3 is 0 Å². The van der Waals surface area contributed by atoms with Gasteiger partial charge in [0.2, 0.25) is 0 Å². The number of nitrogens with one attached hydrogen (secondary N) is 2. The van der Waals surface area contributed by atoms with Crippen LogP contribution >= 0.6 is 0 Å². The largest absolute Gasteiger partial charge is 0.338 e. The van der Waals surface area contributed by atoms with Gasteiger partial charge in [-0.25, -0.2) is 23.8 Å². The van der Waals surface area contributed by atoms with Gasteiger partial charge in [-0.05, 0) is 51.1 Å². The molecule has 1 saturated carbocycles. The number of fused-ring (bicyclic) bond motifs is 1. The van der Waals surface area contributed by atoms with E-state index in [1.807, 2.05) is 0 Å². The molecule has 3 aromatic rings. The molecule has 174 valence electrons. The Morgan fingerprint density at radius 3 is 2.48 bits per heavy atom. The van der Waals surface area contributed by atoms with Gasteiger partial charge in [0.1, 0.15) is 11.4 Å². The molecule has 1 aliphatic rings. The van der Waals surface area contributed by atoms with E-state index < -0.39 is 51.0 Å². The van der Waals surface area contributed by atoms with E-state index in [-0.39, 0.29) is 16.1 Å². The van der Waals surface area contributed by atoms with E-state index in [9.17, 15) is 22.0 Å². The Labute approximate surface area is 189 Å². The van der Waals surface area contributed by atoms with E-state index in [0.717, 1.165) is 0 Å². The Bertz CT molecular complexity index is 1410. The molecule has 1 fully saturated rings. The Hall–Kier alpha value is -3.26. The summed E-state index contributed by atoms with van der Waals surface area (Å²) in [5, 5.41) is 7.55. The van der Waals surface area contributed by atoms with Crippen molar-refractivity contribution in [3.05, 3.63) is 58.3 Å². The van der Waals surface area contributed by atoms with Crippen molar-refractivity contribution < 1.29 is 17.2 Å². The molecule has 0 radical (unpaired) electrons. The molecule has 33 heavy (non-hydrogen) atoms. The summed E-state index contributed by atoms with van der Waals surface area (Å²) in [6.07, 6.45) is 0.305. The number of benzene rings is 1. The van der Waals surface area contributed by atoms with Crippen molar-refractivity contribution >= 4 is 32.2 Å². The fourth-order valence-electron chi connectivity index (χ4n) is 4.00. The number of hydrogen-bond acceptors (Lipinski definition) is 5. The third kappa shape index (κ3) is 3.99. The predicted octanol–water partition coefficient (Wildman–Crippen LogP) is 4.30. The molecule has 1 aromatic carbocycles. The summed E-state index contributed by atoms with van der Waals surface area (Å²) in [6, 6.07) is 5.73. The average molecular weight is 476 g/mol. The van der Waals surface area contributed by atoms with Crippen molar-refractivity contribution in [2.24, 2.45) is 0 Å². The number of halogens is 2. The number of nitrogens with zero attached hydrogens (tertiary/aromatic N) is 3. The quantitative estimate of drug-likeness (QED) is 0.548. The minimum atomic E-state index is -3.54. The van der Waals surface area contributed by atoms with Crippen LogP contribution in [0, 0.1) is 6.57 Å². The minimum Gasteiger partial charge on any atom is -0.338 e. The van der Waals surface area contributed by atoms with E-state index in [2.05, 4.69) is 20.2 Å². The van der Waals surface area contributed by atoms with Crippen LogP contribution in [0.4, 0.5) is 20.3 Å². The topological polar surface area (TPSA) is 101 Å². The van der Waals surface area contributed by atoms with Crippen molar-refractivity contribution in [1.82, 2.24) is 14.8 Å². The zero-order valence-electron chi connectivity index (χ0n) is 18.3. The van der Waals surface area contributed by atoms with Gasteiger partial charge in [-0.2, -0.15) is 5.10 Å². The number of sulfone groups is 1. The zero-order valence-corrected chi connectivity index (χ0v) is 19.1. The van der Waals surface area contributed by atoms with Gasteiger partial charge in [0, 0.05) is 18.3 Å². The highest BCUT2D eigenvalue weighted by Gasteiger charge is 2.52. The first-order valence-corrected chi connectivity index (χ1v) is 11.8. The molecular weight excluding hydrogens is 452 g/mol. The van der Waals surface area contributed by atoms with Crippen LogP contribution in [0.5, 0.6) is 0 Å². The minimum absolute atomic E-state index is 0.136. The van der Waals surface area contributed by atoms with Crippen LogP contribution in [0.1, 0.15) is 39.7 Å². The number of aromatic nitrogens is 3. The van der Waals surface area contributed by atoms with Gasteiger partial charge in [0.25, 0.3) is 17.5 Å². The summed E-state index contributed by atoms with van der Waals surface area (Å²) >= 11 is 0. The number of H-pyrrole nitrogens is 1. The lowest BCUT2D eigenvalue weighted by Gasteiger charge is -2.19. The second-order valence-corrected chi connectivity index (χ2v) is 11.9. The number of pyridine rings is 1. The Balaban J connectivity index is 1.74. The molecule has 0 bridgehead atoms. The summed E-state index contributed by atoms with van der Waals surface area (Å²) < 4.78 is 53.7. The molecule has 0 spiro atoms. The number of anilines is 2. The molecular formula is C22H23F2N5O3S. The number of alkyl halides is 2. The van der Waals surface area contributed by atoms with Crippen LogP contribution < -0.4 is 10.9 Å². The second-order valence-electron chi connectivity index (χ2n) is 9.15. The van der Waals surface area contributed by atoms with Crippen molar-refractivity contribution in [3.8, 4) is 0 Å². The van der Waals surface area contributed by atoms with Gasteiger partial charge < -0.3 is 15.1 Å². The second kappa shape index (κ2) is 7.66. The van der Waals surface area contributed by atoms with E-state index in [1.54, 1.807) is 39.0 Å². The van der Waals surface area contributed by atoms with E-state index in [0.29, 0.717) is 11.2 Å². The first-order chi connectivity index (χ1) is 15.3. The lowest BCUT2D eigenvalue weighted by atomic mass is 10.2. The molecule has 8 nitrogen and oxygen atoms in total. The Kier molecular flexibility index (Phi) is 5.32. The number of rotatable bonds is 4. The first-order valence-electron chi connectivity index (χ1n) is 10.3. The third-order valence-electron chi connectivity index (χ3n) is 5.80. The molecule has 2 atom stereocenters. The SMILES string of the molecule is [C-]#[N+][C@H]1CC(F)(F)C[C@H]1n1nc(Nc2ccc(S(=O)(=O)C(C)(C)C)cc2)c2c(=O)[nH]ccc21. The standard InChI is InChI=1S/C22H23F2N5O3S/c1-21(2,3)33(31,32)14-7-5-13(6-8-14)27-19-18-16(9-10-26-20(18)30)29(28-19)17-12-22(23,24)11-15(17)25-4/h5-10,15,17H,11-12H2,1-3H3,(H,26,30)(H,27,28)/t15-,17+/m0/s1. The predicted molar refractivity (Wildman–Crippen MR) is 121 cm³/mol. The smallest absolute Gasteiger partial charge is 0.261 e.